The predicted octanol–water partition coefficient (Wildman–Crippen LogP) is 2.09. The van der Waals surface area contributed by atoms with E-state index in [4.69, 9.17) is 11.6 Å². The fraction of sp³-hybridized carbons (Fsp3) is 0. The molecule has 17 heavy (non-hydrogen) atoms. The molecule has 2 N–H and O–H groups in total. The summed E-state index contributed by atoms with van der Waals surface area (Å²) in [4.78, 5) is 19.4. The Morgan fingerprint density at radius 1 is 1.29 bits per heavy atom. The van der Waals surface area contributed by atoms with E-state index in [9.17, 15) is 9.90 Å². The Morgan fingerprint density at radius 2 is 2.12 bits per heavy atom. The molecule has 0 spiro atoms. The molecular formula is C11H8ClN3O2. The SMILES string of the molecule is O=C(Nc1ccc(Cl)cn1)c1ncccc1O. The molecule has 0 aliphatic heterocycles. The topological polar surface area (TPSA) is 75.1 Å². The van der Waals surface area contributed by atoms with Gasteiger partial charge in [0.2, 0.25) is 0 Å². The first-order valence-corrected chi connectivity index (χ1v) is 5.11. The van der Waals surface area contributed by atoms with Gasteiger partial charge in [0, 0.05) is 12.4 Å². The molecule has 6 heteroatoms. The Bertz CT molecular complexity index is 543. The molecule has 0 radical (unpaired) electrons. The Morgan fingerprint density at radius 3 is 2.76 bits per heavy atom. The normalized spacial score (nSPS) is 9.94. The Hall–Kier alpha value is -2.14. The molecule has 2 heterocycles. The van der Waals surface area contributed by atoms with Gasteiger partial charge in [-0.3, -0.25) is 4.79 Å². The number of aromatic nitrogens is 2. The minimum absolute atomic E-state index is 0.0516. The van der Waals surface area contributed by atoms with Crippen LogP contribution in [0.2, 0.25) is 5.02 Å². The molecule has 0 aliphatic rings. The maximum absolute atomic E-state index is 11.7. The average molecular weight is 250 g/mol. The summed E-state index contributed by atoms with van der Waals surface area (Å²) < 4.78 is 0. The van der Waals surface area contributed by atoms with Gasteiger partial charge in [-0.25, -0.2) is 9.97 Å². The van der Waals surface area contributed by atoms with Crippen molar-refractivity contribution in [2.75, 3.05) is 5.32 Å². The lowest BCUT2D eigenvalue weighted by Gasteiger charge is -2.04. The summed E-state index contributed by atoms with van der Waals surface area (Å²) in [5.74, 6) is -0.374. The summed E-state index contributed by atoms with van der Waals surface area (Å²) in [5, 5.41) is 12.4. The van der Waals surface area contributed by atoms with E-state index >= 15 is 0 Å². The first-order valence-electron chi connectivity index (χ1n) is 4.74. The summed E-state index contributed by atoms with van der Waals surface area (Å²) in [6, 6.07) is 6.08. The number of carbonyl (C=O) groups excluding carboxylic acids is 1. The Balaban J connectivity index is 2.17. The molecule has 2 aromatic heterocycles. The van der Waals surface area contributed by atoms with Crippen molar-refractivity contribution in [2.45, 2.75) is 0 Å². The van der Waals surface area contributed by atoms with Crippen molar-refractivity contribution in [1.82, 2.24) is 9.97 Å². The first kappa shape index (κ1) is 11.3. The van der Waals surface area contributed by atoms with Gasteiger partial charge in [0.1, 0.15) is 11.6 Å². The number of nitrogens with zero attached hydrogens (tertiary/aromatic N) is 2. The number of halogens is 1. The summed E-state index contributed by atoms with van der Waals surface area (Å²) in [5.41, 5.74) is -0.0516. The van der Waals surface area contributed by atoms with Gasteiger partial charge in [-0.1, -0.05) is 11.6 Å². The molecule has 0 fully saturated rings. The van der Waals surface area contributed by atoms with Crippen LogP contribution in [0.3, 0.4) is 0 Å². The van der Waals surface area contributed by atoms with E-state index in [1.165, 1.54) is 24.5 Å². The summed E-state index contributed by atoms with van der Waals surface area (Å²) >= 11 is 5.66. The minimum atomic E-state index is -0.530. The molecule has 0 saturated carbocycles. The number of aromatic hydroxyl groups is 1. The van der Waals surface area contributed by atoms with Crippen LogP contribution in [0.4, 0.5) is 5.82 Å². The van der Waals surface area contributed by atoms with Crippen LogP contribution in [0.5, 0.6) is 5.75 Å². The molecule has 0 bridgehead atoms. The van der Waals surface area contributed by atoms with Crippen LogP contribution >= 0.6 is 11.6 Å². The van der Waals surface area contributed by atoms with Gasteiger partial charge in [-0.2, -0.15) is 0 Å². The zero-order chi connectivity index (χ0) is 12.3. The Kier molecular flexibility index (Phi) is 3.20. The fourth-order valence-electron chi connectivity index (χ4n) is 1.20. The minimum Gasteiger partial charge on any atom is -0.505 e. The fourth-order valence-corrected chi connectivity index (χ4v) is 1.31. The van der Waals surface area contributed by atoms with Crippen molar-refractivity contribution in [3.8, 4) is 5.75 Å². The van der Waals surface area contributed by atoms with E-state index in [0.717, 1.165) is 0 Å². The lowest BCUT2D eigenvalue weighted by molar-refractivity contribution is 0.101. The van der Waals surface area contributed by atoms with Crippen molar-refractivity contribution < 1.29 is 9.90 Å². The van der Waals surface area contributed by atoms with Crippen LogP contribution in [0.1, 0.15) is 10.5 Å². The van der Waals surface area contributed by atoms with E-state index in [1.54, 1.807) is 12.1 Å². The number of pyridine rings is 2. The summed E-state index contributed by atoms with van der Waals surface area (Å²) in [7, 11) is 0. The molecule has 0 aromatic carbocycles. The second-order valence-electron chi connectivity index (χ2n) is 3.19. The largest absolute Gasteiger partial charge is 0.505 e. The molecule has 0 unspecified atom stereocenters. The van der Waals surface area contributed by atoms with E-state index in [-0.39, 0.29) is 11.4 Å². The third-order valence-corrected chi connectivity index (χ3v) is 2.19. The second kappa shape index (κ2) is 4.80. The molecule has 5 nitrogen and oxygen atoms in total. The zero-order valence-electron chi connectivity index (χ0n) is 8.59. The van der Waals surface area contributed by atoms with Crippen LogP contribution in [0.15, 0.2) is 36.7 Å². The molecule has 0 saturated heterocycles. The summed E-state index contributed by atoms with van der Waals surface area (Å²) in [6.07, 6.45) is 2.83. The number of hydrogen-bond donors (Lipinski definition) is 2. The van der Waals surface area contributed by atoms with Crippen molar-refractivity contribution in [2.24, 2.45) is 0 Å². The molecular weight excluding hydrogens is 242 g/mol. The highest BCUT2D eigenvalue weighted by molar-refractivity contribution is 6.30. The maximum atomic E-state index is 11.7. The first-order chi connectivity index (χ1) is 8.16. The molecule has 86 valence electrons. The van der Waals surface area contributed by atoms with Gasteiger partial charge in [0.25, 0.3) is 5.91 Å². The van der Waals surface area contributed by atoms with Crippen LogP contribution in [-0.4, -0.2) is 21.0 Å². The third-order valence-electron chi connectivity index (χ3n) is 1.97. The number of hydrogen-bond acceptors (Lipinski definition) is 4. The third kappa shape index (κ3) is 2.70. The number of rotatable bonds is 2. The van der Waals surface area contributed by atoms with E-state index in [2.05, 4.69) is 15.3 Å². The van der Waals surface area contributed by atoms with Crippen molar-refractivity contribution in [3.05, 3.63) is 47.4 Å². The van der Waals surface area contributed by atoms with Gasteiger partial charge in [0.05, 0.1) is 5.02 Å². The highest BCUT2D eigenvalue weighted by atomic mass is 35.5. The van der Waals surface area contributed by atoms with E-state index in [0.29, 0.717) is 10.8 Å². The number of amides is 1. The van der Waals surface area contributed by atoms with Crippen molar-refractivity contribution in [3.63, 3.8) is 0 Å². The smallest absolute Gasteiger partial charge is 0.279 e. The van der Waals surface area contributed by atoms with Crippen LogP contribution in [-0.2, 0) is 0 Å². The number of nitrogens with one attached hydrogen (secondary N) is 1. The van der Waals surface area contributed by atoms with Crippen LogP contribution in [0, 0.1) is 0 Å². The maximum Gasteiger partial charge on any atom is 0.279 e. The number of carbonyl (C=O) groups is 1. The second-order valence-corrected chi connectivity index (χ2v) is 3.62. The van der Waals surface area contributed by atoms with Crippen LogP contribution < -0.4 is 5.32 Å². The number of anilines is 1. The van der Waals surface area contributed by atoms with Crippen LogP contribution in [0.25, 0.3) is 0 Å². The monoisotopic (exact) mass is 249 g/mol. The highest BCUT2D eigenvalue weighted by Gasteiger charge is 2.12. The average Bonchev–Trinajstić information content (AvgIpc) is 2.32. The molecule has 1 amide bonds. The molecule has 2 rings (SSSR count). The van der Waals surface area contributed by atoms with Gasteiger partial charge in [-0.05, 0) is 24.3 Å². The summed E-state index contributed by atoms with van der Waals surface area (Å²) in [6.45, 7) is 0. The van der Waals surface area contributed by atoms with Gasteiger partial charge < -0.3 is 10.4 Å². The quantitative estimate of drug-likeness (QED) is 0.855. The van der Waals surface area contributed by atoms with Crippen molar-refractivity contribution >= 4 is 23.3 Å². The lowest BCUT2D eigenvalue weighted by atomic mass is 10.3. The molecule has 0 aliphatic carbocycles. The standard InChI is InChI=1S/C11H8ClN3O2/c12-7-3-4-9(14-6-7)15-11(17)10-8(16)2-1-5-13-10/h1-6,16H,(H,14,15,17). The van der Waals surface area contributed by atoms with Crippen molar-refractivity contribution in [1.29, 1.82) is 0 Å². The predicted molar refractivity (Wildman–Crippen MR) is 63.1 cm³/mol. The van der Waals surface area contributed by atoms with Gasteiger partial charge >= 0.3 is 0 Å². The van der Waals surface area contributed by atoms with Gasteiger partial charge in [0.15, 0.2) is 5.69 Å². The molecule has 0 atom stereocenters. The molecule has 2 aromatic rings. The van der Waals surface area contributed by atoms with E-state index < -0.39 is 5.91 Å². The zero-order valence-corrected chi connectivity index (χ0v) is 9.35. The van der Waals surface area contributed by atoms with Gasteiger partial charge in [-0.15, -0.1) is 0 Å². The lowest BCUT2D eigenvalue weighted by Crippen LogP contribution is -2.14. The Labute approximate surface area is 102 Å². The van der Waals surface area contributed by atoms with E-state index in [1.807, 2.05) is 0 Å². The highest BCUT2D eigenvalue weighted by Crippen LogP contribution is 2.15.